The third-order valence-corrected chi connectivity index (χ3v) is 2.97. The van der Waals surface area contributed by atoms with E-state index >= 15 is 0 Å². The Kier molecular flexibility index (Phi) is 4.91. The van der Waals surface area contributed by atoms with Crippen molar-refractivity contribution in [1.29, 1.82) is 0 Å². The van der Waals surface area contributed by atoms with Crippen molar-refractivity contribution in [3.8, 4) is 0 Å². The molecule has 0 unspecified atom stereocenters. The minimum Gasteiger partial charge on any atom is -0.300 e. The van der Waals surface area contributed by atoms with Crippen LogP contribution in [-0.2, 0) is 4.79 Å². The maximum Gasteiger partial charge on any atom is 0.130 e. The number of carbonyl (C=O) groups is 1. The summed E-state index contributed by atoms with van der Waals surface area (Å²) < 4.78 is 0. The molecule has 0 heterocycles. The second-order valence-electron chi connectivity index (χ2n) is 3.26. The summed E-state index contributed by atoms with van der Waals surface area (Å²) in [5.41, 5.74) is 1.42. The molecule has 0 spiro atoms. The lowest BCUT2D eigenvalue weighted by Gasteiger charge is -2.05. The van der Waals surface area contributed by atoms with Crippen LogP contribution < -0.4 is 0 Å². The van der Waals surface area contributed by atoms with Crippen LogP contribution in [0.4, 0.5) is 0 Å². The van der Waals surface area contributed by atoms with Crippen LogP contribution in [0.5, 0.6) is 0 Å². The molecule has 2 heteroatoms. The SMILES string of the molecule is CC(=O)CCSCC1=CCCC=C1. The molecule has 1 aliphatic carbocycles. The van der Waals surface area contributed by atoms with Crippen molar-refractivity contribution >= 4 is 17.5 Å². The van der Waals surface area contributed by atoms with E-state index in [0.29, 0.717) is 12.2 Å². The van der Waals surface area contributed by atoms with Gasteiger partial charge in [0.15, 0.2) is 0 Å². The molecule has 0 aromatic rings. The number of hydrogen-bond donors (Lipinski definition) is 0. The number of rotatable bonds is 5. The van der Waals surface area contributed by atoms with Gasteiger partial charge in [-0.05, 0) is 25.3 Å². The quantitative estimate of drug-likeness (QED) is 0.629. The van der Waals surface area contributed by atoms with Crippen LogP contribution in [0.3, 0.4) is 0 Å². The van der Waals surface area contributed by atoms with E-state index in [4.69, 9.17) is 0 Å². The van der Waals surface area contributed by atoms with Crippen LogP contribution in [0.25, 0.3) is 0 Å². The first kappa shape index (κ1) is 10.6. The van der Waals surface area contributed by atoms with Gasteiger partial charge in [0.05, 0.1) is 0 Å². The smallest absolute Gasteiger partial charge is 0.130 e. The predicted octanol–water partition coefficient (Wildman–Crippen LogP) is 2.98. The van der Waals surface area contributed by atoms with Crippen LogP contribution in [-0.4, -0.2) is 17.3 Å². The van der Waals surface area contributed by atoms with Gasteiger partial charge in [0, 0.05) is 17.9 Å². The summed E-state index contributed by atoms with van der Waals surface area (Å²) in [5, 5.41) is 0. The maximum absolute atomic E-state index is 10.7. The van der Waals surface area contributed by atoms with Gasteiger partial charge in [-0.2, -0.15) is 11.8 Å². The van der Waals surface area contributed by atoms with Gasteiger partial charge in [0.1, 0.15) is 5.78 Å². The molecule has 0 aromatic carbocycles. The molecule has 72 valence electrons. The lowest BCUT2D eigenvalue weighted by atomic mass is 10.1. The Morgan fingerprint density at radius 2 is 2.38 bits per heavy atom. The first-order valence-corrected chi connectivity index (χ1v) is 5.87. The summed E-state index contributed by atoms with van der Waals surface area (Å²) in [6.45, 7) is 1.65. The number of thioether (sulfide) groups is 1. The molecule has 0 fully saturated rings. The van der Waals surface area contributed by atoms with E-state index < -0.39 is 0 Å². The molecule has 0 radical (unpaired) electrons. The van der Waals surface area contributed by atoms with E-state index in [9.17, 15) is 4.79 Å². The number of ketones is 1. The Labute approximate surface area is 84.3 Å². The first-order valence-electron chi connectivity index (χ1n) is 4.72. The number of Topliss-reactive ketones (excluding diaryl/α,β-unsaturated/α-hetero) is 1. The fourth-order valence-electron chi connectivity index (χ4n) is 1.18. The zero-order valence-electron chi connectivity index (χ0n) is 8.08. The van der Waals surface area contributed by atoms with Gasteiger partial charge in [0.25, 0.3) is 0 Å². The van der Waals surface area contributed by atoms with Crippen LogP contribution >= 0.6 is 11.8 Å². The van der Waals surface area contributed by atoms with Gasteiger partial charge in [-0.3, -0.25) is 4.79 Å². The fraction of sp³-hybridized carbons (Fsp3) is 0.545. The van der Waals surface area contributed by atoms with Crippen molar-refractivity contribution in [1.82, 2.24) is 0 Å². The highest BCUT2D eigenvalue weighted by atomic mass is 32.2. The fourth-order valence-corrected chi connectivity index (χ4v) is 2.21. The van der Waals surface area contributed by atoms with Gasteiger partial charge >= 0.3 is 0 Å². The largest absolute Gasteiger partial charge is 0.300 e. The highest BCUT2D eigenvalue weighted by molar-refractivity contribution is 7.99. The monoisotopic (exact) mass is 196 g/mol. The third kappa shape index (κ3) is 4.94. The first-order chi connectivity index (χ1) is 6.29. The molecule has 0 atom stereocenters. The van der Waals surface area contributed by atoms with Crippen molar-refractivity contribution in [2.45, 2.75) is 26.2 Å². The second-order valence-corrected chi connectivity index (χ2v) is 4.37. The number of hydrogen-bond acceptors (Lipinski definition) is 2. The average Bonchev–Trinajstić information content (AvgIpc) is 2.14. The van der Waals surface area contributed by atoms with E-state index in [-0.39, 0.29) is 0 Å². The molecule has 0 amide bonds. The summed E-state index contributed by atoms with van der Waals surface area (Å²) in [6.07, 6.45) is 9.79. The molecule has 0 bridgehead atoms. The molecular formula is C11H16OS. The van der Waals surface area contributed by atoms with Crippen LogP contribution in [0.15, 0.2) is 23.8 Å². The topological polar surface area (TPSA) is 17.1 Å². The summed E-state index contributed by atoms with van der Waals surface area (Å²) in [4.78, 5) is 10.7. The molecule has 13 heavy (non-hydrogen) atoms. The molecule has 1 aliphatic rings. The molecule has 0 aliphatic heterocycles. The minimum absolute atomic E-state index is 0.292. The molecule has 1 nitrogen and oxygen atoms in total. The van der Waals surface area contributed by atoms with E-state index in [2.05, 4.69) is 18.2 Å². The molecule has 0 saturated carbocycles. The van der Waals surface area contributed by atoms with E-state index in [1.54, 1.807) is 6.92 Å². The van der Waals surface area contributed by atoms with Gasteiger partial charge in [0.2, 0.25) is 0 Å². The predicted molar refractivity (Wildman–Crippen MR) is 59.1 cm³/mol. The lowest BCUT2D eigenvalue weighted by molar-refractivity contribution is -0.116. The third-order valence-electron chi connectivity index (χ3n) is 1.94. The molecule has 0 N–H and O–H groups in total. The standard InChI is InChI=1S/C11H16OS/c1-10(12)7-8-13-9-11-5-3-2-4-6-11/h3,5-6H,2,4,7-9H2,1H3. The Morgan fingerprint density at radius 1 is 1.54 bits per heavy atom. The van der Waals surface area contributed by atoms with Crippen LogP contribution in [0.1, 0.15) is 26.2 Å². The van der Waals surface area contributed by atoms with E-state index in [1.807, 2.05) is 11.8 Å². The highest BCUT2D eigenvalue weighted by Crippen LogP contribution is 2.15. The van der Waals surface area contributed by atoms with Gasteiger partial charge in [-0.25, -0.2) is 0 Å². The maximum atomic E-state index is 10.7. The summed E-state index contributed by atoms with van der Waals surface area (Å²) in [7, 11) is 0. The Hall–Kier alpha value is -0.500. The van der Waals surface area contributed by atoms with Crippen molar-refractivity contribution < 1.29 is 4.79 Å². The van der Waals surface area contributed by atoms with Crippen molar-refractivity contribution in [3.63, 3.8) is 0 Å². The summed E-state index contributed by atoms with van der Waals surface area (Å²) in [5.74, 6) is 2.31. The summed E-state index contributed by atoms with van der Waals surface area (Å²) in [6, 6.07) is 0. The summed E-state index contributed by atoms with van der Waals surface area (Å²) >= 11 is 1.85. The minimum atomic E-state index is 0.292. The molecule has 0 aromatic heterocycles. The lowest BCUT2D eigenvalue weighted by Crippen LogP contribution is -1.94. The van der Waals surface area contributed by atoms with Crippen molar-refractivity contribution in [3.05, 3.63) is 23.8 Å². The van der Waals surface area contributed by atoms with Crippen molar-refractivity contribution in [2.24, 2.45) is 0 Å². The Balaban J connectivity index is 2.08. The molecule has 1 rings (SSSR count). The van der Waals surface area contributed by atoms with Gasteiger partial charge in [-0.15, -0.1) is 0 Å². The normalized spacial score (nSPS) is 15.6. The number of allylic oxidation sites excluding steroid dienone is 3. The Bertz CT molecular complexity index is 228. The average molecular weight is 196 g/mol. The Morgan fingerprint density at radius 3 is 3.00 bits per heavy atom. The zero-order chi connectivity index (χ0) is 9.52. The van der Waals surface area contributed by atoms with E-state index in [0.717, 1.165) is 11.5 Å². The van der Waals surface area contributed by atoms with Gasteiger partial charge in [-0.1, -0.05) is 18.2 Å². The zero-order valence-corrected chi connectivity index (χ0v) is 8.90. The second kappa shape index (κ2) is 6.03. The van der Waals surface area contributed by atoms with Crippen LogP contribution in [0, 0.1) is 0 Å². The van der Waals surface area contributed by atoms with Gasteiger partial charge < -0.3 is 0 Å². The van der Waals surface area contributed by atoms with Crippen molar-refractivity contribution in [2.75, 3.05) is 11.5 Å². The number of carbonyl (C=O) groups excluding carboxylic acids is 1. The molecule has 0 saturated heterocycles. The van der Waals surface area contributed by atoms with Crippen LogP contribution in [0.2, 0.25) is 0 Å². The molecular weight excluding hydrogens is 180 g/mol. The van der Waals surface area contributed by atoms with E-state index in [1.165, 1.54) is 18.4 Å². The highest BCUT2D eigenvalue weighted by Gasteiger charge is 1.98.